The number of nitrogens with zero attached hydrogens (tertiary/aromatic N) is 1. The Hall–Kier alpha value is -3.60. The van der Waals surface area contributed by atoms with Crippen molar-refractivity contribution in [3.05, 3.63) is 83.6 Å². The first-order chi connectivity index (χ1) is 13.2. The molecule has 0 aromatic heterocycles. The Bertz CT molecular complexity index is 1060. The molecule has 1 aliphatic heterocycles. The topological polar surface area (TPSA) is 58.6 Å². The van der Waals surface area contributed by atoms with Gasteiger partial charge in [-0.2, -0.15) is 0 Å². The van der Waals surface area contributed by atoms with Gasteiger partial charge in [-0.3, -0.25) is 9.69 Å². The summed E-state index contributed by atoms with van der Waals surface area (Å²) in [4.78, 5) is 26.3. The maximum absolute atomic E-state index is 12.8. The minimum atomic E-state index is -0.422. The fourth-order valence-corrected chi connectivity index (χ4v) is 3.23. The number of imide groups is 1. The van der Waals surface area contributed by atoms with E-state index in [-0.39, 0.29) is 18.1 Å². The van der Waals surface area contributed by atoms with Crippen LogP contribution in [0, 0.1) is 0 Å². The Morgan fingerprint density at radius 3 is 2.48 bits per heavy atom. The lowest BCUT2D eigenvalue weighted by molar-refractivity contribution is -0.123. The lowest BCUT2D eigenvalue weighted by atomic mass is 10.0. The minimum absolute atomic E-state index is 0.232. The number of carbonyl (C=O) groups excluding carboxylic acids is 2. The molecule has 1 saturated heterocycles. The van der Waals surface area contributed by atoms with E-state index in [1.165, 1.54) is 4.90 Å². The zero-order valence-corrected chi connectivity index (χ0v) is 14.8. The molecule has 5 nitrogen and oxygen atoms in total. The number of rotatable bonds is 4. The Kier molecular flexibility index (Phi) is 4.34. The average Bonchev–Trinajstić information content (AvgIpc) is 2.96. The lowest BCUT2D eigenvalue weighted by Crippen LogP contribution is -2.30. The third-order valence-electron chi connectivity index (χ3n) is 4.59. The summed E-state index contributed by atoms with van der Waals surface area (Å²) in [5.41, 5.74) is 1.90. The average molecular weight is 358 g/mol. The highest BCUT2D eigenvalue weighted by Crippen LogP contribution is 2.30. The highest BCUT2D eigenvalue weighted by atomic mass is 16.5. The number of fused-ring (bicyclic) bond motifs is 1. The highest BCUT2D eigenvalue weighted by Gasteiger charge is 2.33. The molecule has 4 rings (SSSR count). The summed E-state index contributed by atoms with van der Waals surface area (Å²) in [5.74, 6) is 0.295. The first-order valence-corrected chi connectivity index (χ1v) is 8.61. The number of urea groups is 1. The molecule has 134 valence electrons. The van der Waals surface area contributed by atoms with Crippen LogP contribution < -0.4 is 10.1 Å². The molecule has 0 unspecified atom stereocenters. The molecule has 1 aliphatic rings. The van der Waals surface area contributed by atoms with Gasteiger partial charge in [0.1, 0.15) is 11.4 Å². The third kappa shape index (κ3) is 3.15. The molecule has 0 atom stereocenters. The van der Waals surface area contributed by atoms with E-state index in [1.807, 2.05) is 66.7 Å². The lowest BCUT2D eigenvalue weighted by Gasteiger charge is -2.11. The van der Waals surface area contributed by atoms with Gasteiger partial charge in [-0.15, -0.1) is 0 Å². The molecule has 27 heavy (non-hydrogen) atoms. The molecular weight excluding hydrogens is 340 g/mol. The van der Waals surface area contributed by atoms with Gasteiger partial charge in [0, 0.05) is 5.56 Å². The van der Waals surface area contributed by atoms with Gasteiger partial charge >= 0.3 is 6.03 Å². The number of hydrogen-bond acceptors (Lipinski definition) is 3. The van der Waals surface area contributed by atoms with Crippen molar-refractivity contribution in [2.24, 2.45) is 0 Å². The van der Waals surface area contributed by atoms with E-state index in [0.717, 1.165) is 21.9 Å². The summed E-state index contributed by atoms with van der Waals surface area (Å²) in [6.07, 6.45) is 1.69. The standard InChI is InChI=1S/C22H18N2O3/c1-27-20-12-11-16-9-5-6-10-17(16)18(20)13-19-21(25)24(22(26)23-19)14-15-7-3-2-4-8-15/h2-13H,14H2,1H3,(H,23,26)/b19-13+. The summed E-state index contributed by atoms with van der Waals surface area (Å²) in [5, 5.41) is 4.66. The Balaban J connectivity index is 1.72. The van der Waals surface area contributed by atoms with Gasteiger partial charge in [0.05, 0.1) is 13.7 Å². The van der Waals surface area contributed by atoms with Crippen LogP contribution in [0.25, 0.3) is 16.8 Å². The monoisotopic (exact) mass is 358 g/mol. The van der Waals surface area contributed by atoms with E-state index in [2.05, 4.69) is 5.32 Å². The molecule has 0 bridgehead atoms. The maximum atomic E-state index is 12.8. The zero-order valence-electron chi connectivity index (χ0n) is 14.8. The normalized spacial score (nSPS) is 15.4. The largest absolute Gasteiger partial charge is 0.496 e. The molecule has 3 aromatic carbocycles. The predicted molar refractivity (Wildman–Crippen MR) is 104 cm³/mol. The van der Waals surface area contributed by atoms with E-state index < -0.39 is 6.03 Å². The van der Waals surface area contributed by atoms with E-state index in [1.54, 1.807) is 13.2 Å². The second-order valence-electron chi connectivity index (χ2n) is 6.27. The second kappa shape index (κ2) is 6.96. The number of nitrogens with one attached hydrogen (secondary N) is 1. The molecule has 5 heteroatoms. The van der Waals surface area contributed by atoms with Crippen molar-refractivity contribution in [1.29, 1.82) is 0 Å². The number of methoxy groups -OCH3 is 1. The van der Waals surface area contributed by atoms with Crippen molar-refractivity contribution in [2.45, 2.75) is 6.54 Å². The molecule has 3 amide bonds. The summed E-state index contributed by atoms with van der Waals surface area (Å²) >= 11 is 0. The van der Waals surface area contributed by atoms with E-state index in [9.17, 15) is 9.59 Å². The van der Waals surface area contributed by atoms with Crippen LogP contribution in [0.5, 0.6) is 5.75 Å². The number of ether oxygens (including phenoxy) is 1. The Morgan fingerprint density at radius 2 is 1.70 bits per heavy atom. The fraction of sp³-hybridized carbons (Fsp3) is 0.0909. The van der Waals surface area contributed by atoms with Crippen molar-refractivity contribution >= 4 is 28.8 Å². The van der Waals surface area contributed by atoms with Gasteiger partial charge in [-0.1, -0.05) is 60.7 Å². The molecule has 1 fully saturated rings. The van der Waals surface area contributed by atoms with Crippen LogP contribution in [0.15, 0.2) is 72.4 Å². The van der Waals surface area contributed by atoms with Crippen molar-refractivity contribution in [3.63, 3.8) is 0 Å². The van der Waals surface area contributed by atoms with Crippen molar-refractivity contribution < 1.29 is 14.3 Å². The smallest absolute Gasteiger partial charge is 0.329 e. The van der Waals surface area contributed by atoms with Gasteiger partial charge in [-0.05, 0) is 28.5 Å². The van der Waals surface area contributed by atoms with E-state index >= 15 is 0 Å². The number of benzene rings is 3. The first-order valence-electron chi connectivity index (χ1n) is 8.61. The van der Waals surface area contributed by atoms with Crippen LogP contribution in [-0.4, -0.2) is 23.9 Å². The van der Waals surface area contributed by atoms with Crippen molar-refractivity contribution in [1.82, 2.24) is 10.2 Å². The van der Waals surface area contributed by atoms with Gasteiger partial charge < -0.3 is 10.1 Å². The van der Waals surface area contributed by atoms with E-state index in [4.69, 9.17) is 4.74 Å². The summed E-state index contributed by atoms with van der Waals surface area (Å²) in [7, 11) is 1.59. The molecule has 1 N–H and O–H groups in total. The van der Waals surface area contributed by atoms with Crippen LogP contribution in [0.3, 0.4) is 0 Å². The summed E-state index contributed by atoms with van der Waals surface area (Å²) < 4.78 is 5.47. The number of carbonyl (C=O) groups is 2. The molecule has 0 saturated carbocycles. The van der Waals surface area contributed by atoms with Gasteiger partial charge in [0.15, 0.2) is 0 Å². The fourth-order valence-electron chi connectivity index (χ4n) is 3.23. The molecule has 3 aromatic rings. The SMILES string of the molecule is COc1ccc2ccccc2c1/C=C1/NC(=O)N(Cc2ccccc2)C1=O. The minimum Gasteiger partial charge on any atom is -0.496 e. The molecule has 1 heterocycles. The highest BCUT2D eigenvalue weighted by molar-refractivity contribution is 6.14. The predicted octanol–water partition coefficient (Wildman–Crippen LogP) is 3.94. The van der Waals surface area contributed by atoms with Crippen molar-refractivity contribution in [2.75, 3.05) is 7.11 Å². The molecule has 0 aliphatic carbocycles. The van der Waals surface area contributed by atoms with Gasteiger partial charge in [0.2, 0.25) is 0 Å². The third-order valence-corrected chi connectivity index (χ3v) is 4.59. The van der Waals surface area contributed by atoms with E-state index in [0.29, 0.717) is 5.75 Å². The van der Waals surface area contributed by atoms with Crippen LogP contribution in [0.4, 0.5) is 4.79 Å². The summed E-state index contributed by atoms with van der Waals surface area (Å²) in [6.45, 7) is 0.232. The second-order valence-corrected chi connectivity index (χ2v) is 6.27. The van der Waals surface area contributed by atoms with Gasteiger partial charge in [-0.25, -0.2) is 4.79 Å². The van der Waals surface area contributed by atoms with Crippen LogP contribution in [-0.2, 0) is 11.3 Å². The quantitative estimate of drug-likeness (QED) is 0.568. The molecule has 0 spiro atoms. The van der Waals surface area contributed by atoms with Crippen molar-refractivity contribution in [3.8, 4) is 5.75 Å². The first kappa shape index (κ1) is 16.8. The molecular formula is C22H18N2O3. The Labute approximate surface area is 156 Å². The summed E-state index contributed by atoms with van der Waals surface area (Å²) in [6, 6.07) is 20.7. The maximum Gasteiger partial charge on any atom is 0.329 e. The zero-order chi connectivity index (χ0) is 18.8. The molecule has 0 radical (unpaired) electrons. The Morgan fingerprint density at radius 1 is 0.963 bits per heavy atom. The van der Waals surface area contributed by atoms with Gasteiger partial charge in [0.25, 0.3) is 5.91 Å². The number of amides is 3. The van der Waals surface area contributed by atoms with Crippen LogP contribution >= 0.6 is 0 Å². The van der Waals surface area contributed by atoms with Crippen LogP contribution in [0.1, 0.15) is 11.1 Å². The van der Waals surface area contributed by atoms with Crippen LogP contribution in [0.2, 0.25) is 0 Å². The number of hydrogen-bond donors (Lipinski definition) is 1.